The van der Waals surface area contributed by atoms with Crippen molar-refractivity contribution in [3.8, 4) is 0 Å². The molecule has 4 rings (SSSR count). The van der Waals surface area contributed by atoms with Gasteiger partial charge >= 0.3 is 0 Å². The average molecular weight is 410 g/mol. The maximum atomic E-state index is 14.2. The molecule has 5 nitrogen and oxygen atoms in total. The Morgan fingerprint density at radius 3 is 2.37 bits per heavy atom. The predicted octanol–water partition coefficient (Wildman–Crippen LogP) is 2.82. The maximum Gasteiger partial charge on any atom is 0.256 e. The lowest BCUT2D eigenvalue weighted by atomic mass is 9.92. The first-order chi connectivity index (χ1) is 14.3. The van der Waals surface area contributed by atoms with Crippen LogP contribution in [0.2, 0.25) is 0 Å². The Kier molecular flexibility index (Phi) is 5.60. The van der Waals surface area contributed by atoms with Crippen LogP contribution in [0, 0.1) is 5.82 Å². The van der Waals surface area contributed by atoms with Crippen LogP contribution in [-0.2, 0) is 11.2 Å². The first-order valence-electron chi connectivity index (χ1n) is 10.5. The highest BCUT2D eigenvalue weighted by molar-refractivity contribution is 5.94. The highest BCUT2D eigenvalue weighted by Crippen LogP contribution is 2.29. The summed E-state index contributed by atoms with van der Waals surface area (Å²) in [6, 6.07) is 15.9. The van der Waals surface area contributed by atoms with Crippen molar-refractivity contribution >= 4 is 11.8 Å². The molecule has 2 aliphatic rings. The highest BCUT2D eigenvalue weighted by atomic mass is 19.1. The molecule has 1 unspecified atom stereocenters. The predicted molar refractivity (Wildman–Crippen MR) is 114 cm³/mol. The summed E-state index contributed by atoms with van der Waals surface area (Å²) in [7, 11) is 0. The Morgan fingerprint density at radius 2 is 1.63 bits per heavy atom. The van der Waals surface area contributed by atoms with Crippen molar-refractivity contribution in [3.63, 3.8) is 0 Å². The zero-order chi connectivity index (χ0) is 21.3. The van der Waals surface area contributed by atoms with Gasteiger partial charge in [0.15, 0.2) is 0 Å². The zero-order valence-corrected chi connectivity index (χ0v) is 17.6. The molecule has 158 valence electrons. The normalized spacial score (nSPS) is 21.2. The number of piperazine rings is 2. The second kappa shape index (κ2) is 8.19. The van der Waals surface area contributed by atoms with Crippen LogP contribution >= 0.6 is 0 Å². The van der Waals surface area contributed by atoms with Gasteiger partial charge in [-0.15, -0.1) is 0 Å². The number of fused-ring (bicyclic) bond motifs is 1. The lowest BCUT2D eigenvalue weighted by Gasteiger charge is -2.55. The third kappa shape index (κ3) is 4.10. The van der Waals surface area contributed by atoms with Gasteiger partial charge in [-0.05, 0) is 31.5 Å². The van der Waals surface area contributed by atoms with Crippen molar-refractivity contribution in [2.75, 3.05) is 32.7 Å². The van der Waals surface area contributed by atoms with Crippen LogP contribution in [0.5, 0.6) is 0 Å². The van der Waals surface area contributed by atoms with Crippen LogP contribution in [0.1, 0.15) is 29.8 Å². The summed E-state index contributed by atoms with van der Waals surface area (Å²) in [5.74, 6) is -0.671. The molecule has 0 spiro atoms. The maximum absolute atomic E-state index is 14.2. The Hall–Kier alpha value is -2.73. The summed E-state index contributed by atoms with van der Waals surface area (Å²) in [4.78, 5) is 31.9. The van der Waals surface area contributed by atoms with Crippen molar-refractivity contribution in [3.05, 3.63) is 71.5 Å². The quantitative estimate of drug-likeness (QED) is 0.783. The minimum absolute atomic E-state index is 0.0398. The number of carbonyl (C=O) groups excluding carboxylic acids is 2. The van der Waals surface area contributed by atoms with Crippen molar-refractivity contribution in [1.82, 2.24) is 14.7 Å². The topological polar surface area (TPSA) is 43.9 Å². The molecular weight excluding hydrogens is 381 g/mol. The van der Waals surface area contributed by atoms with Crippen molar-refractivity contribution < 1.29 is 14.0 Å². The highest BCUT2D eigenvalue weighted by Gasteiger charge is 2.44. The molecule has 0 aromatic heterocycles. The zero-order valence-electron chi connectivity index (χ0n) is 17.6. The molecule has 2 aliphatic heterocycles. The van der Waals surface area contributed by atoms with Gasteiger partial charge in [-0.2, -0.15) is 0 Å². The largest absolute Gasteiger partial charge is 0.339 e. The van der Waals surface area contributed by atoms with Crippen molar-refractivity contribution in [2.24, 2.45) is 0 Å². The number of hydrogen-bond donors (Lipinski definition) is 0. The van der Waals surface area contributed by atoms with Crippen LogP contribution < -0.4 is 0 Å². The molecule has 2 aromatic rings. The van der Waals surface area contributed by atoms with E-state index in [2.05, 4.69) is 18.7 Å². The van der Waals surface area contributed by atoms with Crippen LogP contribution in [0.4, 0.5) is 4.39 Å². The van der Waals surface area contributed by atoms with Gasteiger partial charge < -0.3 is 9.80 Å². The molecule has 0 radical (unpaired) electrons. The Balaban J connectivity index is 1.48. The van der Waals surface area contributed by atoms with Crippen molar-refractivity contribution in [2.45, 2.75) is 31.8 Å². The average Bonchev–Trinajstić information content (AvgIpc) is 2.73. The first kappa shape index (κ1) is 20.5. The van der Waals surface area contributed by atoms with Gasteiger partial charge in [-0.3, -0.25) is 14.5 Å². The second-order valence-corrected chi connectivity index (χ2v) is 8.83. The molecule has 0 bridgehead atoms. The SMILES string of the molecule is CC1(C)CN(C(=O)c2ccccc2F)CC2CN(C(=O)Cc3ccccc3)CCN21. The lowest BCUT2D eigenvalue weighted by Crippen LogP contribution is -2.70. The Morgan fingerprint density at radius 1 is 0.967 bits per heavy atom. The smallest absolute Gasteiger partial charge is 0.256 e. The molecule has 6 heteroatoms. The number of halogens is 1. The van der Waals surface area contributed by atoms with Gasteiger partial charge in [0.2, 0.25) is 5.91 Å². The van der Waals surface area contributed by atoms with E-state index >= 15 is 0 Å². The minimum Gasteiger partial charge on any atom is -0.339 e. The number of benzene rings is 2. The van der Waals surface area contributed by atoms with Crippen LogP contribution in [0.3, 0.4) is 0 Å². The molecule has 0 N–H and O–H groups in total. The third-order valence-electron chi connectivity index (χ3n) is 6.21. The Labute approximate surface area is 177 Å². The van der Waals surface area contributed by atoms with E-state index in [-0.39, 0.29) is 29.0 Å². The summed E-state index contributed by atoms with van der Waals surface area (Å²) < 4.78 is 14.2. The molecule has 1 atom stereocenters. The van der Waals surface area contributed by atoms with E-state index in [1.165, 1.54) is 12.1 Å². The summed E-state index contributed by atoms with van der Waals surface area (Å²) >= 11 is 0. The molecule has 2 aromatic carbocycles. The molecule has 0 aliphatic carbocycles. The number of carbonyl (C=O) groups is 2. The number of nitrogens with zero attached hydrogens (tertiary/aromatic N) is 3. The molecule has 2 fully saturated rings. The van der Waals surface area contributed by atoms with Gasteiger partial charge in [0, 0.05) is 44.3 Å². The van der Waals surface area contributed by atoms with Gasteiger partial charge in [-0.1, -0.05) is 42.5 Å². The summed E-state index contributed by atoms with van der Waals surface area (Å²) in [5.41, 5.74) is 0.873. The van der Waals surface area contributed by atoms with E-state index in [1.807, 2.05) is 35.2 Å². The molecule has 2 heterocycles. The molecule has 0 saturated carbocycles. The van der Waals surface area contributed by atoms with Gasteiger partial charge in [0.25, 0.3) is 5.91 Å². The number of rotatable bonds is 3. The van der Waals surface area contributed by atoms with E-state index in [0.29, 0.717) is 32.6 Å². The van der Waals surface area contributed by atoms with Crippen LogP contribution in [0.25, 0.3) is 0 Å². The fraction of sp³-hybridized carbons (Fsp3) is 0.417. The van der Waals surface area contributed by atoms with Crippen LogP contribution in [0.15, 0.2) is 54.6 Å². The summed E-state index contributed by atoms with van der Waals surface area (Å²) in [6.45, 7) is 7.30. The van der Waals surface area contributed by atoms with Crippen molar-refractivity contribution in [1.29, 1.82) is 0 Å². The summed E-state index contributed by atoms with van der Waals surface area (Å²) in [6.07, 6.45) is 0.384. The van der Waals surface area contributed by atoms with Gasteiger partial charge in [0.1, 0.15) is 5.82 Å². The van der Waals surface area contributed by atoms with Gasteiger partial charge in [0.05, 0.1) is 12.0 Å². The second-order valence-electron chi connectivity index (χ2n) is 8.83. The summed E-state index contributed by atoms with van der Waals surface area (Å²) in [5, 5.41) is 0. The van der Waals surface area contributed by atoms with Gasteiger partial charge in [-0.25, -0.2) is 4.39 Å². The third-order valence-corrected chi connectivity index (χ3v) is 6.21. The monoisotopic (exact) mass is 409 g/mol. The Bertz CT molecular complexity index is 931. The molecule has 2 amide bonds. The number of amides is 2. The molecule has 30 heavy (non-hydrogen) atoms. The van der Waals surface area contributed by atoms with Crippen LogP contribution in [-0.4, -0.2) is 70.8 Å². The van der Waals surface area contributed by atoms with E-state index < -0.39 is 5.82 Å². The first-order valence-corrected chi connectivity index (χ1v) is 10.5. The molecular formula is C24H28FN3O2. The fourth-order valence-electron chi connectivity index (χ4n) is 4.75. The van der Waals surface area contributed by atoms with E-state index in [0.717, 1.165) is 12.1 Å². The molecule has 2 saturated heterocycles. The van der Waals surface area contributed by atoms with E-state index in [9.17, 15) is 14.0 Å². The van der Waals surface area contributed by atoms with E-state index in [1.54, 1.807) is 17.0 Å². The lowest BCUT2D eigenvalue weighted by molar-refractivity contribution is -0.137. The number of hydrogen-bond acceptors (Lipinski definition) is 3. The minimum atomic E-state index is -0.494. The fourth-order valence-corrected chi connectivity index (χ4v) is 4.75. The van der Waals surface area contributed by atoms with E-state index in [4.69, 9.17) is 0 Å². The standard InChI is InChI=1S/C24H28FN3O2/c1-24(2)17-27(23(30)20-10-6-7-11-21(20)25)16-19-15-26(12-13-28(19)24)22(29)14-18-8-4-3-5-9-18/h3-11,19H,12-17H2,1-2H3.